The van der Waals surface area contributed by atoms with Gasteiger partial charge < -0.3 is 10.1 Å². The first-order chi connectivity index (χ1) is 17.1. The predicted molar refractivity (Wildman–Crippen MR) is 137 cm³/mol. The van der Waals surface area contributed by atoms with Crippen LogP contribution in [-0.4, -0.2) is 46.7 Å². The van der Waals surface area contributed by atoms with Crippen molar-refractivity contribution in [2.45, 2.75) is 25.4 Å². The van der Waals surface area contributed by atoms with Crippen LogP contribution in [0.2, 0.25) is 0 Å². The highest BCUT2D eigenvalue weighted by Crippen LogP contribution is 2.20. The summed E-state index contributed by atoms with van der Waals surface area (Å²) in [5.41, 5.74) is 2.21. The van der Waals surface area contributed by atoms with Gasteiger partial charge in [0.05, 0.1) is 12.7 Å². The van der Waals surface area contributed by atoms with Crippen LogP contribution in [-0.2, 0) is 11.3 Å². The number of benzene rings is 3. The van der Waals surface area contributed by atoms with Gasteiger partial charge in [-0.2, -0.15) is 0 Å². The molecule has 1 fully saturated rings. The Kier molecular flexibility index (Phi) is 6.59. The van der Waals surface area contributed by atoms with Crippen molar-refractivity contribution in [1.82, 2.24) is 14.5 Å². The van der Waals surface area contributed by atoms with Crippen molar-refractivity contribution in [3.63, 3.8) is 0 Å². The molecule has 0 aliphatic carbocycles. The summed E-state index contributed by atoms with van der Waals surface area (Å²) in [5, 5.41) is 5.90. The van der Waals surface area contributed by atoms with Crippen molar-refractivity contribution in [1.29, 1.82) is 0 Å². The molecule has 5 rings (SSSR count). The Morgan fingerprint density at radius 3 is 2.51 bits per heavy atom. The standard InChI is InChI=1S/C28H28N4O3/c1-35-28(34)22-8-10-25(11-9-22)32-17-14-29-26(27(32)33)30-24-12-15-31(16-13-24)19-20-6-7-21-4-2-3-5-23(21)18-20/h2-11,14,17-18,24H,12-13,15-16,19H2,1H3,(H,29,30). The average Bonchev–Trinajstić information content (AvgIpc) is 2.90. The molecule has 0 atom stereocenters. The number of hydrogen-bond acceptors (Lipinski definition) is 6. The molecule has 1 aliphatic rings. The van der Waals surface area contributed by atoms with E-state index in [1.807, 2.05) is 0 Å². The van der Waals surface area contributed by atoms with E-state index in [0.717, 1.165) is 32.5 Å². The highest BCUT2D eigenvalue weighted by atomic mass is 16.5. The molecule has 0 amide bonds. The van der Waals surface area contributed by atoms with Gasteiger partial charge in [0.15, 0.2) is 5.82 Å². The minimum absolute atomic E-state index is 0.195. The van der Waals surface area contributed by atoms with E-state index in [4.69, 9.17) is 4.74 Å². The van der Waals surface area contributed by atoms with Crippen LogP contribution < -0.4 is 10.9 Å². The van der Waals surface area contributed by atoms with Gasteiger partial charge in [0.25, 0.3) is 5.56 Å². The van der Waals surface area contributed by atoms with E-state index in [9.17, 15) is 9.59 Å². The number of carbonyl (C=O) groups is 1. The van der Waals surface area contributed by atoms with Crippen molar-refractivity contribution >= 4 is 22.6 Å². The number of fused-ring (bicyclic) bond motifs is 1. The zero-order chi connectivity index (χ0) is 24.2. The van der Waals surface area contributed by atoms with Gasteiger partial charge in [-0.3, -0.25) is 14.3 Å². The van der Waals surface area contributed by atoms with Gasteiger partial charge in [0, 0.05) is 43.8 Å². The molecular weight excluding hydrogens is 440 g/mol. The number of piperidine rings is 1. The van der Waals surface area contributed by atoms with Crippen LogP contribution in [0.5, 0.6) is 0 Å². The maximum atomic E-state index is 13.1. The summed E-state index contributed by atoms with van der Waals surface area (Å²) in [6.45, 7) is 2.84. The Hall–Kier alpha value is -3.97. The Balaban J connectivity index is 1.21. The van der Waals surface area contributed by atoms with Crippen molar-refractivity contribution < 1.29 is 9.53 Å². The van der Waals surface area contributed by atoms with Crippen molar-refractivity contribution in [2.24, 2.45) is 0 Å². The number of nitrogens with one attached hydrogen (secondary N) is 1. The minimum Gasteiger partial charge on any atom is -0.465 e. The number of nitrogens with zero attached hydrogens (tertiary/aromatic N) is 3. The molecule has 35 heavy (non-hydrogen) atoms. The maximum Gasteiger partial charge on any atom is 0.337 e. The van der Waals surface area contributed by atoms with Gasteiger partial charge >= 0.3 is 5.97 Å². The quantitative estimate of drug-likeness (QED) is 0.427. The van der Waals surface area contributed by atoms with Gasteiger partial charge in [-0.15, -0.1) is 0 Å². The number of anilines is 1. The number of ether oxygens (including phenoxy) is 1. The van der Waals surface area contributed by atoms with Crippen LogP contribution in [0, 0.1) is 0 Å². The third-order valence-electron chi connectivity index (χ3n) is 6.56. The molecule has 0 spiro atoms. The first-order valence-corrected chi connectivity index (χ1v) is 11.8. The van der Waals surface area contributed by atoms with Gasteiger partial charge in [0.2, 0.25) is 0 Å². The van der Waals surface area contributed by atoms with Crippen molar-refractivity contribution in [2.75, 3.05) is 25.5 Å². The zero-order valence-corrected chi connectivity index (χ0v) is 19.7. The highest BCUT2D eigenvalue weighted by Gasteiger charge is 2.21. The molecule has 1 aliphatic heterocycles. The normalized spacial score (nSPS) is 14.7. The lowest BCUT2D eigenvalue weighted by atomic mass is 10.0. The molecule has 2 heterocycles. The second-order valence-electron chi connectivity index (χ2n) is 8.87. The second-order valence-corrected chi connectivity index (χ2v) is 8.87. The Morgan fingerprint density at radius 2 is 1.77 bits per heavy atom. The minimum atomic E-state index is -0.409. The van der Waals surface area contributed by atoms with Crippen LogP contribution in [0.15, 0.2) is 83.9 Å². The molecule has 178 valence electrons. The van der Waals surface area contributed by atoms with Crippen LogP contribution in [0.3, 0.4) is 0 Å². The molecule has 0 saturated carbocycles. The second kappa shape index (κ2) is 10.1. The van der Waals surface area contributed by atoms with Gasteiger partial charge in [0.1, 0.15) is 0 Å². The summed E-state index contributed by atoms with van der Waals surface area (Å²) < 4.78 is 6.27. The SMILES string of the molecule is COC(=O)c1ccc(-n2ccnc(NC3CCN(Cc4ccc5ccccc5c4)CC3)c2=O)cc1. The average molecular weight is 469 g/mol. The fraction of sp³-hybridized carbons (Fsp3) is 0.250. The van der Waals surface area contributed by atoms with E-state index in [1.54, 1.807) is 36.7 Å². The van der Waals surface area contributed by atoms with Gasteiger partial charge in [-0.25, -0.2) is 9.78 Å². The molecule has 1 aromatic heterocycles. The predicted octanol–water partition coefficient (Wildman–Crippen LogP) is 4.25. The summed E-state index contributed by atoms with van der Waals surface area (Å²) in [6, 6.07) is 22.0. The van der Waals surface area contributed by atoms with Crippen molar-refractivity contribution in [3.8, 4) is 5.69 Å². The van der Waals surface area contributed by atoms with E-state index >= 15 is 0 Å². The van der Waals surface area contributed by atoms with E-state index in [1.165, 1.54) is 28.0 Å². The first-order valence-electron chi connectivity index (χ1n) is 11.8. The molecule has 3 aromatic carbocycles. The number of rotatable bonds is 6. The highest BCUT2D eigenvalue weighted by molar-refractivity contribution is 5.89. The molecule has 7 nitrogen and oxygen atoms in total. The summed E-state index contributed by atoms with van der Waals surface area (Å²) in [5.74, 6) is -0.0644. The molecule has 1 saturated heterocycles. The van der Waals surface area contributed by atoms with Crippen LogP contribution in [0.1, 0.15) is 28.8 Å². The molecule has 0 bridgehead atoms. The van der Waals surface area contributed by atoms with Gasteiger partial charge in [-0.1, -0.05) is 36.4 Å². The zero-order valence-electron chi connectivity index (χ0n) is 19.7. The molecule has 7 heteroatoms. The Morgan fingerprint density at radius 1 is 1.03 bits per heavy atom. The smallest absolute Gasteiger partial charge is 0.337 e. The molecule has 4 aromatic rings. The molecule has 1 N–H and O–H groups in total. The Bertz CT molecular complexity index is 1390. The number of esters is 1. The summed E-state index contributed by atoms with van der Waals surface area (Å²) in [4.78, 5) is 31.5. The van der Waals surface area contributed by atoms with Crippen LogP contribution >= 0.6 is 0 Å². The fourth-order valence-corrected chi connectivity index (χ4v) is 4.61. The van der Waals surface area contributed by atoms with Crippen LogP contribution in [0.4, 0.5) is 5.82 Å². The largest absolute Gasteiger partial charge is 0.465 e. The molecule has 0 radical (unpaired) electrons. The lowest BCUT2D eigenvalue weighted by Crippen LogP contribution is -2.40. The number of hydrogen-bond donors (Lipinski definition) is 1. The first kappa shape index (κ1) is 22.8. The fourth-order valence-electron chi connectivity index (χ4n) is 4.61. The third-order valence-corrected chi connectivity index (χ3v) is 6.56. The summed E-state index contributed by atoms with van der Waals surface area (Å²) in [7, 11) is 1.34. The van der Waals surface area contributed by atoms with Crippen molar-refractivity contribution in [3.05, 3.63) is 101 Å². The summed E-state index contributed by atoms with van der Waals surface area (Å²) in [6.07, 6.45) is 5.13. The maximum absolute atomic E-state index is 13.1. The number of aromatic nitrogens is 2. The summed E-state index contributed by atoms with van der Waals surface area (Å²) >= 11 is 0. The Labute approximate surface area is 204 Å². The number of carbonyl (C=O) groups excluding carboxylic acids is 1. The third kappa shape index (κ3) is 5.10. The van der Waals surface area contributed by atoms with E-state index < -0.39 is 5.97 Å². The topological polar surface area (TPSA) is 76.5 Å². The monoisotopic (exact) mass is 468 g/mol. The van der Waals surface area contributed by atoms with E-state index in [0.29, 0.717) is 17.1 Å². The number of likely N-dealkylation sites (tertiary alicyclic amines) is 1. The molecule has 0 unspecified atom stereocenters. The van der Waals surface area contributed by atoms with Crippen LogP contribution in [0.25, 0.3) is 16.5 Å². The molecular formula is C28H28N4O3. The number of methoxy groups -OCH3 is 1. The van der Waals surface area contributed by atoms with E-state index in [2.05, 4.69) is 57.7 Å². The lowest BCUT2D eigenvalue weighted by Gasteiger charge is -2.32. The van der Waals surface area contributed by atoms with Gasteiger partial charge in [-0.05, 0) is 59.5 Å². The lowest BCUT2D eigenvalue weighted by molar-refractivity contribution is 0.0600. The van der Waals surface area contributed by atoms with E-state index in [-0.39, 0.29) is 11.6 Å².